The molecular formula is C23H29F2N3O4. The molecule has 1 atom stereocenters. The Bertz CT molecular complexity index is 887. The Kier molecular flexibility index (Phi) is 8.33. The Hall–Kier alpha value is -2.81. The maximum atomic E-state index is 13.7. The predicted molar refractivity (Wildman–Crippen MR) is 114 cm³/mol. The first-order valence-electron chi connectivity index (χ1n) is 10.6. The molecule has 2 heterocycles. The second-order valence-corrected chi connectivity index (χ2v) is 7.86. The molecule has 2 aromatic rings. The van der Waals surface area contributed by atoms with Crippen molar-refractivity contribution in [3.63, 3.8) is 0 Å². The van der Waals surface area contributed by atoms with Crippen LogP contribution in [0.15, 0.2) is 30.6 Å². The molecule has 7 nitrogen and oxygen atoms in total. The Morgan fingerprint density at radius 1 is 1.09 bits per heavy atom. The van der Waals surface area contributed by atoms with Gasteiger partial charge in [-0.1, -0.05) is 0 Å². The van der Waals surface area contributed by atoms with Crippen LogP contribution >= 0.6 is 0 Å². The maximum absolute atomic E-state index is 13.7. The smallest absolute Gasteiger partial charge is 0.269 e. The Morgan fingerprint density at radius 2 is 1.84 bits per heavy atom. The van der Waals surface area contributed by atoms with Gasteiger partial charge in [0.05, 0.1) is 38.0 Å². The van der Waals surface area contributed by atoms with E-state index >= 15 is 0 Å². The zero-order valence-corrected chi connectivity index (χ0v) is 18.5. The fourth-order valence-corrected chi connectivity index (χ4v) is 4.40. The minimum atomic E-state index is -2.65. The zero-order chi connectivity index (χ0) is 23.1. The summed E-state index contributed by atoms with van der Waals surface area (Å²) in [6.45, 7) is 0.371. The molecule has 0 bridgehead atoms. The van der Waals surface area contributed by atoms with E-state index in [1.807, 2.05) is 0 Å². The first-order chi connectivity index (χ1) is 15.5. The van der Waals surface area contributed by atoms with Gasteiger partial charge in [0.2, 0.25) is 11.8 Å². The summed E-state index contributed by atoms with van der Waals surface area (Å²) in [5.41, 5.74) is 0.917. The molecule has 1 N–H and O–H groups in total. The van der Waals surface area contributed by atoms with Crippen molar-refractivity contribution in [1.29, 1.82) is 0 Å². The van der Waals surface area contributed by atoms with Gasteiger partial charge in [-0.25, -0.2) is 18.7 Å². The van der Waals surface area contributed by atoms with Crippen molar-refractivity contribution < 1.29 is 27.8 Å². The highest BCUT2D eigenvalue weighted by atomic mass is 19.3. The standard InChI is InChI=1S/C23H29F2N3O4/c1-30-13-18(28-22(29)16-8-9-19(31-2)27-12-16)15-6-4-14(5-7-15)17-10-11-26-23(32-3)20(17)21(24)25/h8-12,14-15,18,21H,4-7,13H2,1-3H3,(H,28,29)/t14-,15+,18-/m1/s1. The van der Waals surface area contributed by atoms with E-state index in [1.165, 1.54) is 26.6 Å². The van der Waals surface area contributed by atoms with Crippen molar-refractivity contribution in [3.05, 3.63) is 47.3 Å². The maximum Gasteiger partial charge on any atom is 0.269 e. The molecule has 1 aliphatic rings. The number of amides is 1. The van der Waals surface area contributed by atoms with Gasteiger partial charge in [0.15, 0.2) is 0 Å². The van der Waals surface area contributed by atoms with Crippen molar-refractivity contribution in [3.8, 4) is 11.8 Å². The number of nitrogens with one attached hydrogen (secondary N) is 1. The lowest BCUT2D eigenvalue weighted by molar-refractivity contribution is 0.0816. The normalized spacial score (nSPS) is 19.4. The molecule has 0 aromatic carbocycles. The minimum absolute atomic E-state index is 0.00293. The lowest BCUT2D eigenvalue weighted by Crippen LogP contribution is -2.44. The van der Waals surface area contributed by atoms with Gasteiger partial charge in [-0.3, -0.25) is 4.79 Å². The van der Waals surface area contributed by atoms with Crippen LogP contribution in [0.3, 0.4) is 0 Å². The molecule has 3 rings (SSSR count). The molecule has 2 aromatic heterocycles. The van der Waals surface area contributed by atoms with Crippen LogP contribution in [-0.2, 0) is 4.74 Å². The summed E-state index contributed by atoms with van der Waals surface area (Å²) < 4.78 is 42.8. The Morgan fingerprint density at radius 3 is 2.41 bits per heavy atom. The molecular weight excluding hydrogens is 420 g/mol. The highest BCUT2D eigenvalue weighted by molar-refractivity contribution is 5.94. The Labute approximate surface area is 186 Å². The van der Waals surface area contributed by atoms with Crippen LogP contribution in [0.4, 0.5) is 8.78 Å². The van der Waals surface area contributed by atoms with E-state index < -0.39 is 6.43 Å². The SMILES string of the molecule is COC[C@@H](NC(=O)c1ccc(OC)nc1)[C@H]1CC[C@@H](c2ccnc(OC)c2C(F)F)CC1. The number of ether oxygens (including phenoxy) is 3. The van der Waals surface area contributed by atoms with Crippen molar-refractivity contribution >= 4 is 5.91 Å². The monoisotopic (exact) mass is 449 g/mol. The van der Waals surface area contributed by atoms with Crippen LogP contribution in [0.2, 0.25) is 0 Å². The van der Waals surface area contributed by atoms with E-state index in [4.69, 9.17) is 14.2 Å². The highest BCUT2D eigenvalue weighted by Crippen LogP contribution is 2.42. The number of alkyl halides is 2. The van der Waals surface area contributed by atoms with Gasteiger partial charge in [0.1, 0.15) is 0 Å². The first kappa shape index (κ1) is 23.8. The molecule has 0 aliphatic heterocycles. The third-order valence-corrected chi connectivity index (χ3v) is 6.05. The van der Waals surface area contributed by atoms with Crippen LogP contribution < -0.4 is 14.8 Å². The summed E-state index contributed by atoms with van der Waals surface area (Å²) in [5.74, 6) is 0.363. The average molecular weight is 449 g/mol. The lowest BCUT2D eigenvalue weighted by Gasteiger charge is -2.35. The number of nitrogens with zero attached hydrogens (tertiary/aromatic N) is 2. The van der Waals surface area contributed by atoms with E-state index in [2.05, 4.69) is 15.3 Å². The van der Waals surface area contributed by atoms with Gasteiger partial charge in [-0.15, -0.1) is 0 Å². The van der Waals surface area contributed by atoms with Crippen LogP contribution in [0.5, 0.6) is 11.8 Å². The number of carbonyl (C=O) groups is 1. The molecule has 1 fully saturated rings. The molecule has 0 spiro atoms. The van der Waals surface area contributed by atoms with Crippen molar-refractivity contribution in [2.45, 2.75) is 44.1 Å². The fraction of sp³-hybridized carbons (Fsp3) is 0.522. The zero-order valence-electron chi connectivity index (χ0n) is 18.5. The largest absolute Gasteiger partial charge is 0.481 e. The first-order valence-corrected chi connectivity index (χ1v) is 10.6. The van der Waals surface area contributed by atoms with E-state index in [1.54, 1.807) is 25.3 Å². The summed E-state index contributed by atoms with van der Waals surface area (Å²) >= 11 is 0. The minimum Gasteiger partial charge on any atom is -0.481 e. The predicted octanol–water partition coefficient (Wildman–Crippen LogP) is 4.15. The van der Waals surface area contributed by atoms with Gasteiger partial charge in [0.25, 0.3) is 12.3 Å². The summed E-state index contributed by atoms with van der Waals surface area (Å²) in [5, 5.41) is 3.05. The molecule has 0 saturated heterocycles. The van der Waals surface area contributed by atoms with Gasteiger partial charge < -0.3 is 19.5 Å². The van der Waals surface area contributed by atoms with Crippen LogP contribution in [-0.4, -0.2) is 49.9 Å². The van der Waals surface area contributed by atoms with E-state index in [9.17, 15) is 13.6 Å². The molecule has 0 unspecified atom stereocenters. The number of halogens is 2. The number of hydrogen-bond acceptors (Lipinski definition) is 6. The molecule has 0 radical (unpaired) electrons. The van der Waals surface area contributed by atoms with E-state index in [-0.39, 0.29) is 35.2 Å². The quantitative estimate of drug-likeness (QED) is 0.619. The van der Waals surface area contributed by atoms with Crippen molar-refractivity contribution in [2.24, 2.45) is 5.92 Å². The van der Waals surface area contributed by atoms with Gasteiger partial charge in [0, 0.05) is 25.6 Å². The highest BCUT2D eigenvalue weighted by Gasteiger charge is 2.32. The second kappa shape index (κ2) is 11.2. The number of methoxy groups -OCH3 is 3. The molecule has 32 heavy (non-hydrogen) atoms. The summed E-state index contributed by atoms with van der Waals surface area (Å²) in [7, 11) is 4.46. The molecule has 1 saturated carbocycles. The summed E-state index contributed by atoms with van der Waals surface area (Å²) in [6, 6.07) is 4.77. The molecule has 1 aliphatic carbocycles. The molecule has 174 valence electrons. The van der Waals surface area contributed by atoms with Crippen LogP contribution in [0.1, 0.15) is 59.5 Å². The molecule has 9 heteroatoms. The van der Waals surface area contributed by atoms with Gasteiger partial charge in [-0.05, 0) is 55.2 Å². The third-order valence-electron chi connectivity index (χ3n) is 6.05. The van der Waals surface area contributed by atoms with Crippen LogP contribution in [0.25, 0.3) is 0 Å². The number of pyridine rings is 2. The topological polar surface area (TPSA) is 82.6 Å². The number of carbonyl (C=O) groups excluding carboxylic acids is 1. The molecule has 1 amide bonds. The van der Waals surface area contributed by atoms with Crippen molar-refractivity contribution in [1.82, 2.24) is 15.3 Å². The summed E-state index contributed by atoms with van der Waals surface area (Å²) in [4.78, 5) is 20.7. The van der Waals surface area contributed by atoms with Crippen molar-refractivity contribution in [2.75, 3.05) is 27.9 Å². The second-order valence-electron chi connectivity index (χ2n) is 7.86. The number of aromatic nitrogens is 2. The summed E-state index contributed by atoms with van der Waals surface area (Å²) in [6.07, 6.45) is 3.38. The fourth-order valence-electron chi connectivity index (χ4n) is 4.40. The van der Waals surface area contributed by atoms with E-state index in [0.29, 0.717) is 23.6 Å². The van der Waals surface area contributed by atoms with Gasteiger partial charge >= 0.3 is 0 Å². The lowest BCUT2D eigenvalue weighted by atomic mass is 9.75. The number of rotatable bonds is 9. The average Bonchev–Trinajstić information content (AvgIpc) is 2.83. The van der Waals surface area contributed by atoms with E-state index in [0.717, 1.165) is 25.7 Å². The Balaban J connectivity index is 1.67. The third kappa shape index (κ3) is 5.51. The number of hydrogen-bond donors (Lipinski definition) is 1. The van der Waals surface area contributed by atoms with Crippen LogP contribution in [0, 0.1) is 5.92 Å². The van der Waals surface area contributed by atoms with Gasteiger partial charge in [-0.2, -0.15) is 0 Å².